The molecular formula is C20H26N2O3. The van der Waals surface area contributed by atoms with Crippen LogP contribution in [-0.2, 0) is 4.74 Å². The van der Waals surface area contributed by atoms with Crippen LogP contribution < -0.4 is 5.32 Å². The van der Waals surface area contributed by atoms with Gasteiger partial charge in [-0.25, -0.2) is 0 Å². The van der Waals surface area contributed by atoms with E-state index in [1.165, 1.54) is 12.8 Å². The summed E-state index contributed by atoms with van der Waals surface area (Å²) in [7, 11) is 0. The molecule has 5 heteroatoms. The van der Waals surface area contributed by atoms with Crippen LogP contribution in [0.5, 0.6) is 0 Å². The summed E-state index contributed by atoms with van der Waals surface area (Å²) in [6.07, 6.45) is 2.44. The Bertz CT molecular complexity index is 678. The van der Waals surface area contributed by atoms with Crippen LogP contribution >= 0.6 is 0 Å². The smallest absolute Gasteiger partial charge is 0.251 e. The number of benzene rings is 1. The highest BCUT2D eigenvalue weighted by atomic mass is 16.5. The summed E-state index contributed by atoms with van der Waals surface area (Å²) in [5.74, 6) is 5.58. The molecule has 134 valence electrons. The van der Waals surface area contributed by atoms with Gasteiger partial charge < -0.3 is 15.2 Å². The van der Waals surface area contributed by atoms with Crippen LogP contribution in [0.1, 0.15) is 42.6 Å². The zero-order valence-corrected chi connectivity index (χ0v) is 14.9. The maximum absolute atomic E-state index is 12.6. The minimum absolute atomic E-state index is 0.0247. The molecule has 0 aliphatic carbocycles. The second-order valence-corrected chi connectivity index (χ2v) is 7.32. The lowest BCUT2D eigenvalue weighted by atomic mass is 10.1. The van der Waals surface area contributed by atoms with E-state index in [1.807, 2.05) is 12.1 Å². The fourth-order valence-electron chi connectivity index (χ4n) is 3.33. The number of aliphatic hydroxyl groups is 1. The molecule has 0 unspecified atom stereocenters. The number of rotatable bonds is 3. The van der Waals surface area contributed by atoms with Crippen molar-refractivity contribution in [1.29, 1.82) is 0 Å². The van der Waals surface area contributed by atoms with E-state index in [1.54, 1.807) is 26.0 Å². The lowest BCUT2D eigenvalue weighted by molar-refractivity contribution is 0.0916. The Labute approximate surface area is 149 Å². The van der Waals surface area contributed by atoms with Gasteiger partial charge in [-0.3, -0.25) is 9.69 Å². The number of hydrogen-bond acceptors (Lipinski definition) is 4. The molecule has 1 amide bonds. The van der Waals surface area contributed by atoms with E-state index in [2.05, 4.69) is 22.1 Å². The third-order valence-corrected chi connectivity index (χ3v) is 4.61. The summed E-state index contributed by atoms with van der Waals surface area (Å²) in [6.45, 7) is 6.68. The van der Waals surface area contributed by atoms with E-state index in [4.69, 9.17) is 4.74 Å². The summed E-state index contributed by atoms with van der Waals surface area (Å²) in [4.78, 5) is 15.1. The summed E-state index contributed by atoms with van der Waals surface area (Å²) in [5, 5.41) is 12.8. The third-order valence-electron chi connectivity index (χ3n) is 4.61. The molecule has 2 aliphatic heterocycles. The number of carbonyl (C=O) groups is 1. The largest absolute Gasteiger partial charge is 0.378 e. The Morgan fingerprint density at radius 2 is 2.08 bits per heavy atom. The molecule has 0 saturated carbocycles. The van der Waals surface area contributed by atoms with Gasteiger partial charge >= 0.3 is 0 Å². The van der Waals surface area contributed by atoms with Crippen LogP contribution in [0.2, 0.25) is 0 Å². The monoisotopic (exact) mass is 342 g/mol. The van der Waals surface area contributed by atoms with E-state index >= 15 is 0 Å². The number of amides is 1. The maximum atomic E-state index is 12.6. The van der Waals surface area contributed by atoms with Crippen molar-refractivity contribution in [3.05, 3.63) is 35.4 Å². The van der Waals surface area contributed by atoms with E-state index in [0.717, 1.165) is 13.1 Å². The van der Waals surface area contributed by atoms with Crippen molar-refractivity contribution in [1.82, 2.24) is 10.2 Å². The molecule has 2 heterocycles. The Hall–Kier alpha value is -1.87. The first-order valence-electron chi connectivity index (χ1n) is 8.91. The van der Waals surface area contributed by atoms with Crippen molar-refractivity contribution in [2.45, 2.75) is 44.4 Å². The van der Waals surface area contributed by atoms with Crippen molar-refractivity contribution in [3.8, 4) is 11.8 Å². The standard InChI is InChI=1S/C20H26N2O3/c1-20(2,24)9-8-15-6-5-7-16(12-15)19(23)21-17-13-25-14-18(17)22-10-3-4-11-22/h5-7,12,17-18,24H,3-4,10-11,13-14H2,1-2H3,(H,21,23)/t17-,18-/m0/s1. The number of nitrogens with one attached hydrogen (secondary N) is 1. The normalized spacial score (nSPS) is 24.0. The first kappa shape index (κ1) is 17.9. The first-order valence-corrected chi connectivity index (χ1v) is 8.91. The lowest BCUT2D eigenvalue weighted by Gasteiger charge is -2.27. The average Bonchev–Trinajstić information content (AvgIpc) is 3.23. The molecule has 3 rings (SSSR count). The van der Waals surface area contributed by atoms with E-state index < -0.39 is 5.60 Å². The number of nitrogens with zero attached hydrogens (tertiary/aromatic N) is 1. The van der Waals surface area contributed by atoms with Crippen molar-refractivity contribution in [2.75, 3.05) is 26.3 Å². The van der Waals surface area contributed by atoms with Crippen LogP contribution in [0.15, 0.2) is 24.3 Å². The van der Waals surface area contributed by atoms with Crippen LogP contribution in [0.4, 0.5) is 0 Å². The van der Waals surface area contributed by atoms with E-state index in [0.29, 0.717) is 24.3 Å². The van der Waals surface area contributed by atoms with Crippen molar-refractivity contribution >= 4 is 5.91 Å². The van der Waals surface area contributed by atoms with Gasteiger partial charge in [-0.05, 0) is 58.0 Å². The summed E-state index contributed by atoms with van der Waals surface area (Å²) in [5.41, 5.74) is 0.241. The Kier molecular flexibility index (Phi) is 5.43. The molecular weight excluding hydrogens is 316 g/mol. The van der Waals surface area contributed by atoms with Crippen LogP contribution in [-0.4, -0.2) is 59.9 Å². The number of ether oxygens (including phenoxy) is 1. The molecule has 0 radical (unpaired) electrons. The highest BCUT2D eigenvalue weighted by molar-refractivity contribution is 5.94. The Balaban J connectivity index is 1.67. The highest BCUT2D eigenvalue weighted by Crippen LogP contribution is 2.19. The Morgan fingerprint density at radius 1 is 1.32 bits per heavy atom. The molecule has 5 nitrogen and oxygen atoms in total. The summed E-state index contributed by atoms with van der Waals surface area (Å²) >= 11 is 0. The summed E-state index contributed by atoms with van der Waals surface area (Å²) < 4.78 is 5.61. The van der Waals surface area contributed by atoms with Gasteiger partial charge in [0.05, 0.1) is 25.3 Å². The third kappa shape index (κ3) is 4.82. The van der Waals surface area contributed by atoms with Crippen LogP contribution in [0, 0.1) is 11.8 Å². The minimum Gasteiger partial charge on any atom is -0.378 e. The van der Waals surface area contributed by atoms with Crippen LogP contribution in [0.25, 0.3) is 0 Å². The lowest BCUT2D eigenvalue weighted by Crippen LogP contribution is -2.50. The van der Waals surface area contributed by atoms with Crippen molar-refractivity contribution < 1.29 is 14.6 Å². The van der Waals surface area contributed by atoms with Gasteiger partial charge in [0.1, 0.15) is 5.60 Å². The first-order chi connectivity index (χ1) is 11.9. The molecule has 0 aromatic heterocycles. The zero-order chi connectivity index (χ0) is 17.9. The molecule has 1 aromatic rings. The van der Waals surface area contributed by atoms with Gasteiger partial charge in [-0.1, -0.05) is 17.9 Å². The van der Waals surface area contributed by atoms with Crippen molar-refractivity contribution in [3.63, 3.8) is 0 Å². The minimum atomic E-state index is -1.05. The predicted molar refractivity (Wildman–Crippen MR) is 96.3 cm³/mol. The fourth-order valence-corrected chi connectivity index (χ4v) is 3.33. The molecule has 2 fully saturated rings. The molecule has 0 spiro atoms. The topological polar surface area (TPSA) is 61.8 Å². The molecule has 2 saturated heterocycles. The van der Waals surface area contributed by atoms with Crippen molar-refractivity contribution in [2.24, 2.45) is 0 Å². The second-order valence-electron chi connectivity index (χ2n) is 7.32. The molecule has 2 atom stereocenters. The predicted octanol–water partition coefficient (Wildman–Crippen LogP) is 1.40. The van der Waals surface area contributed by atoms with E-state index in [9.17, 15) is 9.90 Å². The quantitative estimate of drug-likeness (QED) is 0.815. The maximum Gasteiger partial charge on any atom is 0.251 e. The molecule has 2 aliphatic rings. The summed E-state index contributed by atoms with van der Waals surface area (Å²) in [6, 6.07) is 7.48. The highest BCUT2D eigenvalue weighted by Gasteiger charge is 2.35. The Morgan fingerprint density at radius 3 is 2.80 bits per heavy atom. The van der Waals surface area contributed by atoms with Crippen LogP contribution in [0.3, 0.4) is 0 Å². The number of carbonyl (C=O) groups excluding carboxylic acids is 1. The molecule has 25 heavy (non-hydrogen) atoms. The van der Waals surface area contributed by atoms with Gasteiger partial charge in [0.25, 0.3) is 5.91 Å². The van der Waals surface area contributed by atoms with Gasteiger partial charge in [-0.15, -0.1) is 0 Å². The average molecular weight is 342 g/mol. The molecule has 2 N–H and O–H groups in total. The SMILES string of the molecule is CC(C)(O)C#Cc1cccc(C(=O)N[C@H]2COC[C@@H]2N2CCCC2)c1. The molecule has 1 aromatic carbocycles. The number of likely N-dealkylation sites (tertiary alicyclic amines) is 1. The number of hydrogen-bond donors (Lipinski definition) is 2. The van der Waals surface area contributed by atoms with Gasteiger partial charge in [0.2, 0.25) is 0 Å². The molecule has 0 bridgehead atoms. The fraction of sp³-hybridized carbons (Fsp3) is 0.550. The zero-order valence-electron chi connectivity index (χ0n) is 14.9. The van der Waals surface area contributed by atoms with E-state index in [-0.39, 0.29) is 18.0 Å². The second kappa shape index (κ2) is 7.57. The van der Waals surface area contributed by atoms with Gasteiger partial charge in [0, 0.05) is 11.1 Å². The van der Waals surface area contributed by atoms with Gasteiger partial charge in [0.15, 0.2) is 0 Å². The van der Waals surface area contributed by atoms with Gasteiger partial charge in [-0.2, -0.15) is 0 Å².